The number of ether oxygens (including phenoxy) is 1. The van der Waals surface area contributed by atoms with Crippen LogP contribution in [0.5, 0.6) is 5.75 Å². The van der Waals surface area contributed by atoms with Gasteiger partial charge in [0, 0.05) is 35.7 Å². The van der Waals surface area contributed by atoms with Gasteiger partial charge in [0.15, 0.2) is 5.78 Å². The minimum atomic E-state index is -1.01. The zero-order valence-electron chi connectivity index (χ0n) is 26.5. The van der Waals surface area contributed by atoms with E-state index in [1.807, 2.05) is 48.5 Å². The minimum Gasteiger partial charge on any atom is -0.494 e. The Morgan fingerprint density at radius 2 is 1.39 bits per heavy atom. The van der Waals surface area contributed by atoms with E-state index in [0.717, 1.165) is 37.7 Å². The number of aliphatic carboxylic acids is 1. The number of unbranched alkanes of at least 4 members (excludes halogenated alkanes) is 2. The third-order valence-corrected chi connectivity index (χ3v) is 7.94. The van der Waals surface area contributed by atoms with E-state index < -0.39 is 12.0 Å². The van der Waals surface area contributed by atoms with E-state index in [4.69, 9.17) is 4.74 Å². The summed E-state index contributed by atoms with van der Waals surface area (Å²) in [5.41, 5.74) is 3.43. The summed E-state index contributed by atoms with van der Waals surface area (Å²) in [4.78, 5) is 38.2. The fraction of sp³-hybridized carbons (Fsp3) is 0.308. The summed E-state index contributed by atoms with van der Waals surface area (Å²) in [7, 11) is 0. The van der Waals surface area contributed by atoms with Gasteiger partial charge in [0.2, 0.25) is 5.91 Å². The van der Waals surface area contributed by atoms with Crippen molar-refractivity contribution in [1.29, 1.82) is 0 Å². The molecule has 0 aliphatic heterocycles. The molecule has 2 unspecified atom stereocenters. The maximum atomic E-state index is 13.1. The number of amides is 1. The SMILES string of the molecule is CCCCCC(Cc1ccccc1)C(=O)NCCCOc1ccc(CC(Nc2ccccc2C(=O)c2ccccc2)C(=O)O)cc1. The van der Waals surface area contributed by atoms with Crippen molar-refractivity contribution in [2.45, 2.75) is 57.9 Å². The van der Waals surface area contributed by atoms with Crippen molar-refractivity contribution in [2.24, 2.45) is 5.92 Å². The van der Waals surface area contributed by atoms with Crippen LogP contribution < -0.4 is 15.4 Å². The Bertz CT molecular complexity index is 1520. The van der Waals surface area contributed by atoms with Crippen LogP contribution in [0.25, 0.3) is 0 Å². The molecule has 46 heavy (non-hydrogen) atoms. The summed E-state index contributed by atoms with van der Waals surface area (Å²) in [5.74, 6) is -0.453. The normalized spacial score (nSPS) is 12.1. The van der Waals surface area contributed by atoms with Crippen molar-refractivity contribution >= 4 is 23.3 Å². The maximum Gasteiger partial charge on any atom is 0.326 e. The lowest BCUT2D eigenvalue weighted by molar-refractivity contribution is -0.137. The largest absolute Gasteiger partial charge is 0.494 e. The maximum absolute atomic E-state index is 13.1. The van der Waals surface area contributed by atoms with Gasteiger partial charge in [-0.3, -0.25) is 9.59 Å². The second-order valence-electron chi connectivity index (χ2n) is 11.5. The van der Waals surface area contributed by atoms with Crippen LogP contribution in [-0.4, -0.2) is 42.0 Å². The molecule has 0 aromatic heterocycles. The Labute approximate surface area is 272 Å². The summed E-state index contributed by atoms with van der Waals surface area (Å²) in [6, 6.07) is 32.5. The molecule has 1 amide bonds. The van der Waals surface area contributed by atoms with Crippen LogP contribution >= 0.6 is 0 Å². The number of benzene rings is 4. The monoisotopic (exact) mass is 620 g/mol. The Morgan fingerprint density at radius 3 is 2.09 bits per heavy atom. The average molecular weight is 621 g/mol. The highest BCUT2D eigenvalue weighted by atomic mass is 16.5. The Balaban J connectivity index is 1.25. The second-order valence-corrected chi connectivity index (χ2v) is 11.5. The molecule has 0 heterocycles. The molecule has 0 aliphatic rings. The first kappa shape index (κ1) is 34.0. The van der Waals surface area contributed by atoms with Gasteiger partial charge in [-0.1, -0.05) is 111 Å². The molecule has 0 saturated carbocycles. The predicted molar refractivity (Wildman–Crippen MR) is 182 cm³/mol. The van der Waals surface area contributed by atoms with Gasteiger partial charge in [-0.05, 0) is 54.7 Å². The van der Waals surface area contributed by atoms with Crippen molar-refractivity contribution in [2.75, 3.05) is 18.5 Å². The number of rotatable bonds is 19. The summed E-state index contributed by atoms with van der Waals surface area (Å²) in [6.45, 7) is 3.16. The number of para-hydroxylation sites is 1. The van der Waals surface area contributed by atoms with Crippen molar-refractivity contribution in [1.82, 2.24) is 5.32 Å². The van der Waals surface area contributed by atoms with Gasteiger partial charge in [0.05, 0.1) is 6.61 Å². The first-order valence-corrected chi connectivity index (χ1v) is 16.2. The van der Waals surface area contributed by atoms with Crippen LogP contribution in [0.15, 0.2) is 109 Å². The quantitative estimate of drug-likeness (QED) is 0.0748. The Morgan fingerprint density at radius 1 is 0.739 bits per heavy atom. The minimum absolute atomic E-state index is 0.0376. The van der Waals surface area contributed by atoms with Gasteiger partial charge < -0.3 is 20.5 Å². The molecular formula is C39H44N2O5. The Kier molecular flexibility index (Phi) is 13.4. The van der Waals surface area contributed by atoms with Crippen LogP contribution in [0.2, 0.25) is 0 Å². The molecule has 0 bridgehead atoms. The Hall–Kier alpha value is -4.91. The number of hydrogen-bond donors (Lipinski definition) is 3. The van der Waals surface area contributed by atoms with Gasteiger partial charge in [0.25, 0.3) is 0 Å². The summed E-state index contributed by atoms with van der Waals surface area (Å²) in [5, 5.41) is 16.1. The third kappa shape index (κ3) is 10.6. The van der Waals surface area contributed by atoms with Gasteiger partial charge in [-0.15, -0.1) is 0 Å². The molecule has 3 N–H and O–H groups in total. The molecule has 7 heteroatoms. The number of nitrogens with one attached hydrogen (secondary N) is 2. The second kappa shape index (κ2) is 18.2. The molecule has 0 radical (unpaired) electrons. The van der Waals surface area contributed by atoms with Crippen molar-refractivity contribution in [3.8, 4) is 5.75 Å². The van der Waals surface area contributed by atoms with Crippen LogP contribution in [0, 0.1) is 5.92 Å². The molecule has 7 nitrogen and oxygen atoms in total. The highest BCUT2D eigenvalue weighted by Crippen LogP contribution is 2.22. The average Bonchev–Trinajstić information content (AvgIpc) is 3.08. The number of hydrogen-bond acceptors (Lipinski definition) is 5. The molecule has 0 aliphatic carbocycles. The van der Waals surface area contributed by atoms with Gasteiger partial charge >= 0.3 is 5.97 Å². The number of anilines is 1. The lowest BCUT2D eigenvalue weighted by Crippen LogP contribution is -2.33. The zero-order chi connectivity index (χ0) is 32.6. The molecule has 0 spiro atoms. The molecule has 240 valence electrons. The van der Waals surface area contributed by atoms with E-state index in [9.17, 15) is 19.5 Å². The van der Waals surface area contributed by atoms with E-state index in [2.05, 4.69) is 29.7 Å². The molecule has 2 atom stereocenters. The van der Waals surface area contributed by atoms with E-state index >= 15 is 0 Å². The van der Waals surface area contributed by atoms with Crippen LogP contribution in [0.1, 0.15) is 66.1 Å². The van der Waals surface area contributed by atoms with Gasteiger partial charge in [-0.2, -0.15) is 0 Å². The fourth-order valence-electron chi connectivity index (χ4n) is 5.38. The standard InChI is InChI=1S/C39H44N2O5/c1-2-3-6-18-32(27-29-14-7-4-8-15-29)38(43)40-25-13-26-46-33-23-21-30(22-24-33)28-36(39(44)45)41-35-20-12-11-19-34(35)37(42)31-16-9-5-10-17-31/h4-5,7-12,14-17,19-24,32,36,41H,2-3,6,13,18,25-28H2,1H3,(H,40,43)(H,44,45). The van der Waals surface area contributed by atoms with Crippen LogP contribution in [-0.2, 0) is 22.4 Å². The number of carboxylic acids is 1. The first-order chi connectivity index (χ1) is 22.4. The molecule has 4 rings (SSSR count). The van der Waals surface area contributed by atoms with Gasteiger partial charge in [-0.25, -0.2) is 4.79 Å². The number of carbonyl (C=O) groups excluding carboxylic acids is 2. The fourth-order valence-corrected chi connectivity index (χ4v) is 5.38. The zero-order valence-corrected chi connectivity index (χ0v) is 26.5. The number of carboxylic acid groups (broad SMARTS) is 1. The molecule has 4 aromatic carbocycles. The van der Waals surface area contributed by atoms with Crippen molar-refractivity contribution < 1.29 is 24.2 Å². The van der Waals surface area contributed by atoms with E-state index in [-0.39, 0.29) is 24.0 Å². The summed E-state index contributed by atoms with van der Waals surface area (Å²) in [6.07, 6.45) is 5.82. The van der Waals surface area contributed by atoms with Crippen LogP contribution in [0.4, 0.5) is 5.69 Å². The molecule has 0 saturated heterocycles. The number of ketones is 1. The summed E-state index contributed by atoms with van der Waals surface area (Å²) >= 11 is 0. The summed E-state index contributed by atoms with van der Waals surface area (Å²) < 4.78 is 5.89. The van der Waals surface area contributed by atoms with Crippen LogP contribution in [0.3, 0.4) is 0 Å². The van der Waals surface area contributed by atoms with E-state index in [1.165, 1.54) is 5.56 Å². The highest BCUT2D eigenvalue weighted by molar-refractivity contribution is 6.12. The molecular weight excluding hydrogens is 576 g/mol. The van der Waals surface area contributed by atoms with Gasteiger partial charge in [0.1, 0.15) is 11.8 Å². The van der Waals surface area contributed by atoms with Crippen molar-refractivity contribution in [3.05, 3.63) is 131 Å². The lowest BCUT2D eigenvalue weighted by Gasteiger charge is -2.18. The van der Waals surface area contributed by atoms with Crippen molar-refractivity contribution in [3.63, 3.8) is 0 Å². The highest BCUT2D eigenvalue weighted by Gasteiger charge is 2.22. The van der Waals surface area contributed by atoms with E-state index in [0.29, 0.717) is 42.1 Å². The third-order valence-electron chi connectivity index (χ3n) is 7.94. The molecule has 4 aromatic rings. The lowest BCUT2D eigenvalue weighted by atomic mass is 9.93. The topological polar surface area (TPSA) is 105 Å². The van der Waals surface area contributed by atoms with E-state index in [1.54, 1.807) is 48.5 Å². The predicted octanol–water partition coefficient (Wildman–Crippen LogP) is 7.35. The smallest absolute Gasteiger partial charge is 0.326 e. The molecule has 0 fully saturated rings. The first-order valence-electron chi connectivity index (χ1n) is 16.2. The number of carbonyl (C=O) groups is 3.